The van der Waals surface area contributed by atoms with E-state index >= 15 is 0 Å². The lowest BCUT2D eigenvalue weighted by Gasteiger charge is -2.43. The summed E-state index contributed by atoms with van der Waals surface area (Å²) in [7, 11) is 1.68. The van der Waals surface area contributed by atoms with Crippen molar-refractivity contribution >= 4 is 23.7 Å². The van der Waals surface area contributed by atoms with Crippen molar-refractivity contribution < 1.29 is 19.7 Å². The van der Waals surface area contributed by atoms with Gasteiger partial charge in [0.25, 0.3) is 0 Å². The van der Waals surface area contributed by atoms with Crippen molar-refractivity contribution in [2.75, 3.05) is 20.2 Å². The van der Waals surface area contributed by atoms with Crippen molar-refractivity contribution in [1.29, 1.82) is 0 Å². The number of aliphatic carboxylic acids is 1. The van der Waals surface area contributed by atoms with Gasteiger partial charge in [-0.2, -0.15) is 0 Å². The van der Waals surface area contributed by atoms with Crippen molar-refractivity contribution in [3.63, 3.8) is 0 Å². The number of hydrogen-bond acceptors (Lipinski definition) is 6. The normalized spacial score (nSPS) is 19.6. The summed E-state index contributed by atoms with van der Waals surface area (Å²) in [5.74, 6) is -0.433. The van der Waals surface area contributed by atoms with Crippen LogP contribution in [0.1, 0.15) is 50.4 Å². The molecular formula is C31H41N3O4. The zero-order valence-corrected chi connectivity index (χ0v) is 22.6. The van der Waals surface area contributed by atoms with E-state index in [0.717, 1.165) is 47.2 Å². The lowest BCUT2D eigenvalue weighted by Crippen LogP contribution is -2.54. The Hall–Kier alpha value is -3.13. The van der Waals surface area contributed by atoms with Crippen molar-refractivity contribution in [2.24, 2.45) is 11.8 Å². The fraction of sp³-hybridized carbons (Fsp3) is 0.452. The smallest absolute Gasteiger partial charge is 0.303 e. The van der Waals surface area contributed by atoms with E-state index < -0.39 is 12.2 Å². The maximum atomic E-state index is 11.1. The first-order chi connectivity index (χ1) is 18.4. The number of carboxylic acids is 1. The van der Waals surface area contributed by atoms with Gasteiger partial charge in [-0.3, -0.25) is 9.69 Å². The van der Waals surface area contributed by atoms with E-state index in [1.54, 1.807) is 13.2 Å². The Kier molecular flexibility index (Phi) is 11.4. The van der Waals surface area contributed by atoms with Gasteiger partial charge in [0.1, 0.15) is 6.23 Å². The summed E-state index contributed by atoms with van der Waals surface area (Å²) in [5.41, 5.74) is 2.33. The van der Waals surface area contributed by atoms with Gasteiger partial charge in [-0.05, 0) is 50.7 Å². The number of carboxylic acid groups (broad SMARTS) is 1. The molecule has 0 saturated carbocycles. The van der Waals surface area contributed by atoms with Gasteiger partial charge < -0.3 is 14.9 Å². The average Bonchev–Trinajstić information content (AvgIpc) is 2.89. The number of nitrogens with zero attached hydrogens (tertiary/aromatic N) is 3. The summed E-state index contributed by atoms with van der Waals surface area (Å²) in [5, 5.41) is 21.6. The van der Waals surface area contributed by atoms with Gasteiger partial charge in [-0.1, -0.05) is 55.2 Å². The Balaban J connectivity index is 1.72. The number of carbonyl (C=O) groups is 1. The minimum absolute atomic E-state index is 0.0329. The van der Waals surface area contributed by atoms with Crippen molar-refractivity contribution in [3.05, 3.63) is 77.8 Å². The molecule has 2 aliphatic rings. The van der Waals surface area contributed by atoms with Crippen molar-refractivity contribution in [3.8, 4) is 0 Å². The topological polar surface area (TPSA) is 95.8 Å². The summed E-state index contributed by atoms with van der Waals surface area (Å²) in [4.78, 5) is 22.8. The number of fused-ring (bicyclic) bond motifs is 1. The second-order valence-corrected chi connectivity index (χ2v) is 9.87. The van der Waals surface area contributed by atoms with Crippen LogP contribution in [-0.4, -0.2) is 63.6 Å². The maximum absolute atomic E-state index is 11.1. The first-order valence-corrected chi connectivity index (χ1v) is 13.4. The highest BCUT2D eigenvalue weighted by molar-refractivity contribution is 5.71. The van der Waals surface area contributed by atoms with E-state index in [0.29, 0.717) is 31.6 Å². The summed E-state index contributed by atoms with van der Waals surface area (Å²) < 4.78 is 5.32. The van der Waals surface area contributed by atoms with E-state index in [9.17, 15) is 9.90 Å². The van der Waals surface area contributed by atoms with Gasteiger partial charge >= 0.3 is 5.97 Å². The number of aromatic nitrogens is 2. The van der Waals surface area contributed by atoms with Crippen LogP contribution < -0.4 is 10.7 Å². The molecule has 2 N–H and O–H groups in total. The number of hydrogen-bond donors (Lipinski definition) is 2. The SMILES string of the molecule is C=CC(C/C=C/C1CN(C(O)C2C=c3nc(CCCCC(=O)O)c(C(=C)/C=C\C=C/C)nc3=CC2)C1)OC. The van der Waals surface area contributed by atoms with Gasteiger partial charge in [-0.15, -0.1) is 6.58 Å². The second-order valence-electron chi connectivity index (χ2n) is 9.87. The molecular weight excluding hydrogens is 478 g/mol. The quantitative estimate of drug-likeness (QED) is 0.208. The molecule has 7 heteroatoms. The largest absolute Gasteiger partial charge is 0.481 e. The maximum Gasteiger partial charge on any atom is 0.303 e. The number of aliphatic hydroxyl groups excluding tert-OH is 1. The molecule has 1 aliphatic heterocycles. The molecule has 3 atom stereocenters. The third kappa shape index (κ3) is 8.18. The van der Waals surface area contributed by atoms with Gasteiger partial charge in [0.15, 0.2) is 0 Å². The fourth-order valence-electron chi connectivity index (χ4n) is 4.71. The van der Waals surface area contributed by atoms with Crippen molar-refractivity contribution in [2.45, 2.75) is 57.8 Å². The van der Waals surface area contributed by atoms with E-state index in [4.69, 9.17) is 19.8 Å². The Morgan fingerprint density at radius 1 is 1.26 bits per heavy atom. The minimum atomic E-state index is -0.792. The van der Waals surface area contributed by atoms with Crippen LogP contribution in [0, 0.1) is 11.8 Å². The molecule has 2 heterocycles. The minimum Gasteiger partial charge on any atom is -0.481 e. The molecule has 1 aromatic heterocycles. The predicted molar refractivity (Wildman–Crippen MR) is 152 cm³/mol. The van der Waals surface area contributed by atoms with Crippen LogP contribution in [0.4, 0.5) is 0 Å². The molecule has 0 bridgehead atoms. The molecule has 1 aromatic rings. The van der Waals surface area contributed by atoms with E-state index in [1.165, 1.54) is 0 Å². The number of aryl methyl sites for hydroxylation is 1. The highest BCUT2D eigenvalue weighted by Gasteiger charge is 2.33. The Labute approximate surface area is 226 Å². The van der Waals surface area contributed by atoms with Crippen molar-refractivity contribution in [1.82, 2.24) is 14.9 Å². The third-order valence-electron chi connectivity index (χ3n) is 6.98. The van der Waals surface area contributed by atoms with E-state index in [-0.39, 0.29) is 18.4 Å². The number of methoxy groups -OCH3 is 1. The van der Waals surface area contributed by atoms with Gasteiger partial charge in [0.05, 0.1) is 28.2 Å². The lowest BCUT2D eigenvalue weighted by molar-refractivity contribution is -0.137. The van der Waals surface area contributed by atoms with Crippen LogP contribution in [0.15, 0.2) is 55.7 Å². The number of unbranched alkanes of at least 4 members (excludes halogenated alkanes) is 1. The molecule has 0 aromatic carbocycles. The monoisotopic (exact) mass is 519 g/mol. The zero-order chi connectivity index (χ0) is 27.5. The fourth-order valence-corrected chi connectivity index (χ4v) is 4.71. The number of allylic oxidation sites excluding steroid dienone is 5. The molecule has 0 spiro atoms. The molecule has 3 unspecified atom stereocenters. The first-order valence-electron chi connectivity index (χ1n) is 13.4. The standard InChI is InChI=1S/C31H41N3O4/c1-5-7-8-12-22(3)30-27(15-9-10-16-29(35)36)32-28-19-24(17-18-26(28)33-30)31(37)34-20-23(21-34)13-11-14-25(6-2)38-4/h5-8,11-13,18-19,23-25,31,37H,2-3,9-10,14-17,20-21H2,1,4H3,(H,35,36)/b7-5-,12-8-,13-11+. The predicted octanol–water partition coefficient (Wildman–Crippen LogP) is 3.40. The van der Waals surface area contributed by atoms with Crippen LogP contribution in [0.25, 0.3) is 17.7 Å². The Morgan fingerprint density at radius 3 is 2.74 bits per heavy atom. The summed E-state index contributed by atoms with van der Waals surface area (Å²) >= 11 is 0. The Morgan fingerprint density at radius 2 is 2.05 bits per heavy atom. The van der Waals surface area contributed by atoms with Crippen LogP contribution in [0.3, 0.4) is 0 Å². The van der Waals surface area contributed by atoms with E-state index in [2.05, 4.69) is 30.2 Å². The second kappa shape index (κ2) is 14.7. The molecule has 3 rings (SSSR count). The number of ether oxygens (including phenoxy) is 1. The molecule has 1 aliphatic carbocycles. The third-order valence-corrected chi connectivity index (χ3v) is 6.98. The van der Waals surface area contributed by atoms with Crippen LogP contribution in [-0.2, 0) is 16.0 Å². The van der Waals surface area contributed by atoms with Crippen LogP contribution in [0.5, 0.6) is 0 Å². The number of rotatable bonds is 15. The molecule has 1 saturated heterocycles. The molecule has 7 nitrogen and oxygen atoms in total. The molecule has 0 radical (unpaired) electrons. The number of likely N-dealkylation sites (tertiary alicyclic amines) is 1. The highest BCUT2D eigenvalue weighted by atomic mass is 16.5. The van der Waals surface area contributed by atoms with Gasteiger partial charge in [0, 0.05) is 38.5 Å². The zero-order valence-electron chi connectivity index (χ0n) is 22.6. The molecule has 1 fully saturated rings. The lowest BCUT2D eigenvalue weighted by atomic mass is 9.92. The van der Waals surface area contributed by atoms with Gasteiger partial charge in [-0.25, -0.2) is 9.97 Å². The summed E-state index contributed by atoms with van der Waals surface area (Å²) in [6, 6.07) is 0. The summed E-state index contributed by atoms with van der Waals surface area (Å²) in [6.45, 7) is 11.6. The number of aliphatic hydroxyl groups is 1. The molecule has 38 heavy (non-hydrogen) atoms. The van der Waals surface area contributed by atoms with Crippen LogP contribution in [0.2, 0.25) is 0 Å². The van der Waals surface area contributed by atoms with Crippen LogP contribution >= 0.6 is 0 Å². The van der Waals surface area contributed by atoms with Gasteiger partial charge in [0.2, 0.25) is 0 Å². The highest BCUT2D eigenvalue weighted by Crippen LogP contribution is 2.26. The average molecular weight is 520 g/mol. The first kappa shape index (κ1) is 29.4. The molecule has 204 valence electrons. The van der Waals surface area contributed by atoms with E-state index in [1.807, 2.05) is 43.4 Å². The summed E-state index contributed by atoms with van der Waals surface area (Å²) in [6.07, 6.45) is 20.9. The Bertz CT molecular complexity index is 1190. The molecule has 0 amide bonds.